The molecular formula is C14H17ClN4O2S. The molecule has 8 heteroatoms. The highest BCUT2D eigenvalue weighted by molar-refractivity contribution is 7.92. The van der Waals surface area contributed by atoms with Gasteiger partial charge in [0.2, 0.25) is 0 Å². The van der Waals surface area contributed by atoms with E-state index in [1.807, 2.05) is 6.92 Å². The molecule has 0 radical (unpaired) electrons. The molecule has 0 saturated heterocycles. The second-order valence-corrected chi connectivity index (χ2v) is 6.94. The monoisotopic (exact) mass is 340 g/mol. The summed E-state index contributed by atoms with van der Waals surface area (Å²) in [7, 11) is -3.70. The van der Waals surface area contributed by atoms with E-state index in [9.17, 15) is 8.42 Å². The molecule has 1 unspecified atom stereocenters. The number of nitrogens with one attached hydrogen (secondary N) is 2. The molecule has 0 bridgehead atoms. The Morgan fingerprint density at radius 3 is 2.23 bits per heavy atom. The van der Waals surface area contributed by atoms with Crippen LogP contribution in [0.25, 0.3) is 0 Å². The van der Waals surface area contributed by atoms with E-state index in [4.69, 9.17) is 11.6 Å². The minimum atomic E-state index is -3.70. The highest BCUT2D eigenvalue weighted by Crippen LogP contribution is 2.17. The van der Waals surface area contributed by atoms with Crippen LogP contribution in [-0.2, 0) is 10.0 Å². The van der Waals surface area contributed by atoms with E-state index in [1.165, 1.54) is 24.3 Å². The summed E-state index contributed by atoms with van der Waals surface area (Å²) in [6, 6.07) is 9.39. The summed E-state index contributed by atoms with van der Waals surface area (Å²) in [5, 5.41) is 11.4. The zero-order valence-electron chi connectivity index (χ0n) is 12.2. The molecule has 0 aliphatic heterocycles. The molecule has 2 N–H and O–H groups in total. The molecule has 2 rings (SSSR count). The fourth-order valence-corrected chi connectivity index (χ4v) is 2.75. The van der Waals surface area contributed by atoms with Crippen LogP contribution in [0.3, 0.4) is 0 Å². The van der Waals surface area contributed by atoms with E-state index in [0.717, 1.165) is 6.42 Å². The largest absolute Gasteiger partial charge is 0.366 e. The standard InChI is InChI=1S/C14H17ClN4O2S/c1-3-10(2)16-13-8-9-14(18-17-13)19-22(20,21)12-6-4-11(15)5-7-12/h4-10H,3H2,1-2H3,(H,16,17)(H,18,19). The van der Waals surface area contributed by atoms with E-state index in [0.29, 0.717) is 10.8 Å². The number of halogens is 1. The van der Waals surface area contributed by atoms with Gasteiger partial charge in [-0.05, 0) is 49.7 Å². The summed E-state index contributed by atoms with van der Waals surface area (Å²) >= 11 is 5.75. The molecule has 6 nitrogen and oxygen atoms in total. The van der Waals surface area contributed by atoms with Gasteiger partial charge in [0.25, 0.3) is 10.0 Å². The van der Waals surface area contributed by atoms with Gasteiger partial charge in [0.15, 0.2) is 5.82 Å². The van der Waals surface area contributed by atoms with Crippen molar-refractivity contribution < 1.29 is 8.42 Å². The summed E-state index contributed by atoms with van der Waals surface area (Å²) in [6.45, 7) is 4.08. The zero-order valence-corrected chi connectivity index (χ0v) is 13.8. The first-order chi connectivity index (χ1) is 10.4. The number of hydrogen-bond donors (Lipinski definition) is 2. The second-order valence-electron chi connectivity index (χ2n) is 4.82. The van der Waals surface area contributed by atoms with E-state index in [2.05, 4.69) is 27.2 Å². The van der Waals surface area contributed by atoms with Gasteiger partial charge in [-0.25, -0.2) is 8.42 Å². The number of benzene rings is 1. The van der Waals surface area contributed by atoms with Crippen LogP contribution in [0.2, 0.25) is 5.02 Å². The van der Waals surface area contributed by atoms with Crippen molar-refractivity contribution in [1.29, 1.82) is 0 Å². The van der Waals surface area contributed by atoms with Crippen molar-refractivity contribution in [3.63, 3.8) is 0 Å². The number of sulfonamides is 1. The fraction of sp³-hybridized carbons (Fsp3) is 0.286. The first kappa shape index (κ1) is 16.5. The van der Waals surface area contributed by atoms with Crippen LogP contribution in [0.4, 0.5) is 11.6 Å². The topological polar surface area (TPSA) is 84.0 Å². The van der Waals surface area contributed by atoms with E-state index in [1.54, 1.807) is 12.1 Å². The Labute approximate surface area is 135 Å². The molecule has 1 atom stereocenters. The number of rotatable bonds is 6. The highest BCUT2D eigenvalue weighted by atomic mass is 35.5. The Kier molecular flexibility index (Phi) is 5.20. The summed E-state index contributed by atoms with van der Waals surface area (Å²) in [5.74, 6) is 0.758. The van der Waals surface area contributed by atoms with Crippen molar-refractivity contribution in [2.24, 2.45) is 0 Å². The van der Waals surface area contributed by atoms with Crippen LogP contribution in [-0.4, -0.2) is 24.7 Å². The Morgan fingerprint density at radius 1 is 1.09 bits per heavy atom. The van der Waals surface area contributed by atoms with Crippen LogP contribution >= 0.6 is 11.6 Å². The van der Waals surface area contributed by atoms with E-state index in [-0.39, 0.29) is 16.8 Å². The molecule has 1 heterocycles. The van der Waals surface area contributed by atoms with Gasteiger partial charge in [-0.1, -0.05) is 18.5 Å². The molecule has 2 aromatic rings. The summed E-state index contributed by atoms with van der Waals surface area (Å²) < 4.78 is 26.7. The van der Waals surface area contributed by atoms with Gasteiger partial charge in [-0.3, -0.25) is 4.72 Å². The maximum atomic E-state index is 12.2. The first-order valence-electron chi connectivity index (χ1n) is 6.79. The second kappa shape index (κ2) is 6.93. The molecule has 0 saturated carbocycles. The molecular weight excluding hydrogens is 324 g/mol. The van der Waals surface area contributed by atoms with Crippen LogP contribution in [0.5, 0.6) is 0 Å². The average Bonchev–Trinajstić information content (AvgIpc) is 2.49. The Hall–Kier alpha value is -1.86. The Morgan fingerprint density at radius 2 is 1.68 bits per heavy atom. The zero-order chi connectivity index (χ0) is 16.2. The quantitative estimate of drug-likeness (QED) is 0.844. The average molecular weight is 341 g/mol. The molecule has 22 heavy (non-hydrogen) atoms. The summed E-state index contributed by atoms with van der Waals surface area (Å²) in [6.07, 6.45) is 0.951. The van der Waals surface area contributed by atoms with Gasteiger partial charge >= 0.3 is 0 Å². The molecule has 0 amide bonds. The molecule has 0 fully saturated rings. The third-order valence-corrected chi connectivity index (χ3v) is 4.66. The van der Waals surface area contributed by atoms with Gasteiger partial charge in [0.1, 0.15) is 5.82 Å². The third-order valence-electron chi connectivity index (χ3n) is 3.03. The van der Waals surface area contributed by atoms with Gasteiger partial charge < -0.3 is 5.32 Å². The predicted molar refractivity (Wildman–Crippen MR) is 87.7 cm³/mol. The van der Waals surface area contributed by atoms with E-state index >= 15 is 0 Å². The van der Waals surface area contributed by atoms with Gasteiger partial charge in [0, 0.05) is 11.1 Å². The van der Waals surface area contributed by atoms with Crippen LogP contribution in [0, 0.1) is 0 Å². The normalized spacial score (nSPS) is 12.7. The van der Waals surface area contributed by atoms with E-state index < -0.39 is 10.0 Å². The SMILES string of the molecule is CCC(C)Nc1ccc(NS(=O)(=O)c2ccc(Cl)cc2)nn1. The number of hydrogen-bond acceptors (Lipinski definition) is 5. The highest BCUT2D eigenvalue weighted by Gasteiger charge is 2.15. The minimum Gasteiger partial charge on any atom is -0.366 e. The Balaban J connectivity index is 2.11. The van der Waals surface area contributed by atoms with Gasteiger partial charge in [0.05, 0.1) is 4.90 Å². The number of anilines is 2. The van der Waals surface area contributed by atoms with Crippen molar-refractivity contribution >= 4 is 33.3 Å². The number of nitrogens with zero attached hydrogens (tertiary/aromatic N) is 2. The molecule has 1 aromatic heterocycles. The van der Waals surface area contributed by atoms with Crippen LogP contribution in [0.15, 0.2) is 41.3 Å². The van der Waals surface area contributed by atoms with Crippen LogP contribution in [0.1, 0.15) is 20.3 Å². The maximum absolute atomic E-state index is 12.2. The van der Waals surface area contributed by atoms with Crippen molar-refractivity contribution in [2.75, 3.05) is 10.0 Å². The lowest BCUT2D eigenvalue weighted by molar-refractivity contribution is 0.601. The van der Waals surface area contributed by atoms with Crippen molar-refractivity contribution in [1.82, 2.24) is 10.2 Å². The molecule has 0 spiro atoms. The molecule has 118 valence electrons. The summed E-state index contributed by atoms with van der Waals surface area (Å²) in [4.78, 5) is 0.112. The summed E-state index contributed by atoms with van der Waals surface area (Å²) in [5.41, 5.74) is 0. The molecule has 0 aliphatic rings. The fourth-order valence-electron chi connectivity index (χ4n) is 1.63. The molecule has 0 aliphatic carbocycles. The van der Waals surface area contributed by atoms with Crippen LogP contribution < -0.4 is 10.0 Å². The van der Waals surface area contributed by atoms with Gasteiger partial charge in [-0.15, -0.1) is 10.2 Å². The Bertz CT molecular complexity index is 718. The lowest BCUT2D eigenvalue weighted by atomic mass is 10.2. The maximum Gasteiger partial charge on any atom is 0.263 e. The lowest BCUT2D eigenvalue weighted by Crippen LogP contribution is -2.16. The van der Waals surface area contributed by atoms with Gasteiger partial charge in [-0.2, -0.15) is 0 Å². The van der Waals surface area contributed by atoms with Crippen molar-refractivity contribution in [3.8, 4) is 0 Å². The smallest absolute Gasteiger partial charge is 0.263 e. The molecule has 1 aromatic carbocycles. The van der Waals surface area contributed by atoms with Crippen molar-refractivity contribution in [2.45, 2.75) is 31.2 Å². The predicted octanol–water partition coefficient (Wildman–Crippen LogP) is 3.14. The third kappa shape index (κ3) is 4.32. The van der Waals surface area contributed by atoms with Crippen molar-refractivity contribution in [3.05, 3.63) is 41.4 Å². The number of aromatic nitrogens is 2. The minimum absolute atomic E-state index is 0.112. The lowest BCUT2D eigenvalue weighted by Gasteiger charge is -2.12. The first-order valence-corrected chi connectivity index (χ1v) is 8.65.